The molecule has 2 rings (SSSR count). The monoisotopic (exact) mass is 235 g/mol. The van der Waals surface area contributed by atoms with Crippen LogP contribution in [0.25, 0.3) is 10.8 Å². The van der Waals surface area contributed by atoms with Crippen LogP contribution < -0.4 is 0 Å². The largest absolute Gasteiger partial charge is 0.244 e. The van der Waals surface area contributed by atoms with E-state index in [-0.39, 0.29) is 0 Å². The van der Waals surface area contributed by atoms with Crippen LogP contribution in [0.3, 0.4) is 0 Å². The maximum Gasteiger partial charge on any atom is 0.142 e. The van der Waals surface area contributed by atoms with Gasteiger partial charge >= 0.3 is 0 Å². The van der Waals surface area contributed by atoms with Crippen molar-refractivity contribution in [3.05, 3.63) is 29.2 Å². The summed E-state index contributed by atoms with van der Waals surface area (Å²) in [5.74, 6) is 0. The number of nitrogens with zero attached hydrogens (tertiary/aromatic N) is 3. The third kappa shape index (κ3) is 1.89. The molecule has 74 valence electrons. The standard InChI is InChI=1S/C10H6ClN3S/c1-15-10-8-3-9(11)13-5-6(8)2-7(4-12)14-10/h2-3,5H,1H3. The predicted octanol–water partition coefficient (Wildman–Crippen LogP) is 2.88. The lowest BCUT2D eigenvalue weighted by Gasteiger charge is -2.03. The van der Waals surface area contributed by atoms with Gasteiger partial charge in [-0.3, -0.25) is 0 Å². The minimum Gasteiger partial charge on any atom is -0.244 e. The molecule has 15 heavy (non-hydrogen) atoms. The van der Waals surface area contributed by atoms with Crippen LogP contribution in [0.5, 0.6) is 0 Å². The van der Waals surface area contributed by atoms with Crippen LogP contribution in [0.4, 0.5) is 0 Å². The SMILES string of the molecule is CSc1nc(C#N)cc2cnc(Cl)cc12. The van der Waals surface area contributed by atoms with Gasteiger partial charge in [0.2, 0.25) is 0 Å². The second kappa shape index (κ2) is 4.05. The number of pyridine rings is 2. The van der Waals surface area contributed by atoms with E-state index in [2.05, 4.69) is 9.97 Å². The highest BCUT2D eigenvalue weighted by atomic mass is 35.5. The molecule has 0 spiro atoms. The zero-order chi connectivity index (χ0) is 10.8. The van der Waals surface area contributed by atoms with Crippen molar-refractivity contribution in [3.63, 3.8) is 0 Å². The van der Waals surface area contributed by atoms with Gasteiger partial charge in [0.1, 0.15) is 21.9 Å². The van der Waals surface area contributed by atoms with Gasteiger partial charge in [-0.15, -0.1) is 11.8 Å². The first-order valence-electron chi connectivity index (χ1n) is 4.15. The number of hydrogen-bond donors (Lipinski definition) is 0. The summed E-state index contributed by atoms with van der Waals surface area (Å²) in [5, 5.41) is 11.9. The highest BCUT2D eigenvalue weighted by Gasteiger charge is 2.06. The lowest BCUT2D eigenvalue weighted by molar-refractivity contribution is 1.14. The molecule has 0 radical (unpaired) electrons. The van der Waals surface area contributed by atoms with Gasteiger partial charge in [0.25, 0.3) is 0 Å². The zero-order valence-corrected chi connectivity index (χ0v) is 9.43. The summed E-state index contributed by atoms with van der Waals surface area (Å²) in [4.78, 5) is 8.17. The fraction of sp³-hybridized carbons (Fsp3) is 0.100. The van der Waals surface area contributed by atoms with E-state index in [0.717, 1.165) is 15.8 Å². The van der Waals surface area contributed by atoms with Crippen LogP contribution in [-0.2, 0) is 0 Å². The molecule has 0 aliphatic carbocycles. The van der Waals surface area contributed by atoms with Crippen molar-refractivity contribution in [2.24, 2.45) is 0 Å². The van der Waals surface area contributed by atoms with Crippen molar-refractivity contribution >= 4 is 34.1 Å². The Kier molecular flexibility index (Phi) is 2.76. The third-order valence-electron chi connectivity index (χ3n) is 1.95. The van der Waals surface area contributed by atoms with E-state index >= 15 is 0 Å². The molecule has 2 aromatic heterocycles. The van der Waals surface area contributed by atoms with Crippen molar-refractivity contribution in [3.8, 4) is 6.07 Å². The molecular weight excluding hydrogens is 230 g/mol. The fourth-order valence-corrected chi connectivity index (χ4v) is 2.05. The van der Waals surface area contributed by atoms with Crippen LogP contribution in [0.1, 0.15) is 5.69 Å². The van der Waals surface area contributed by atoms with E-state index in [1.54, 1.807) is 18.3 Å². The van der Waals surface area contributed by atoms with Crippen LogP contribution in [0.2, 0.25) is 5.15 Å². The summed E-state index contributed by atoms with van der Waals surface area (Å²) < 4.78 is 0. The molecule has 0 amide bonds. The van der Waals surface area contributed by atoms with Crippen molar-refractivity contribution in [2.45, 2.75) is 5.03 Å². The molecule has 0 aliphatic heterocycles. The Balaban J connectivity index is 2.82. The molecule has 2 heterocycles. The molecule has 0 N–H and O–H groups in total. The smallest absolute Gasteiger partial charge is 0.142 e. The minimum atomic E-state index is 0.399. The Morgan fingerprint density at radius 2 is 2.27 bits per heavy atom. The number of hydrogen-bond acceptors (Lipinski definition) is 4. The van der Waals surface area contributed by atoms with Crippen LogP contribution >= 0.6 is 23.4 Å². The maximum atomic E-state index is 8.80. The van der Waals surface area contributed by atoms with Crippen LogP contribution in [-0.4, -0.2) is 16.2 Å². The third-order valence-corrected chi connectivity index (χ3v) is 2.86. The number of nitriles is 1. The second-order valence-electron chi connectivity index (χ2n) is 2.86. The van der Waals surface area contributed by atoms with Crippen LogP contribution in [0, 0.1) is 11.3 Å². The highest BCUT2D eigenvalue weighted by molar-refractivity contribution is 7.98. The molecule has 0 bridgehead atoms. The Morgan fingerprint density at radius 3 is 2.93 bits per heavy atom. The predicted molar refractivity (Wildman–Crippen MR) is 61.0 cm³/mol. The first-order chi connectivity index (χ1) is 7.24. The van der Waals surface area contributed by atoms with Gasteiger partial charge in [0.15, 0.2) is 0 Å². The Hall–Kier alpha value is -1.31. The van der Waals surface area contributed by atoms with Gasteiger partial charge in [-0.2, -0.15) is 5.26 Å². The molecular formula is C10H6ClN3S. The van der Waals surface area contributed by atoms with Gasteiger partial charge in [0, 0.05) is 17.0 Å². The quantitative estimate of drug-likeness (QED) is 0.563. The number of thioether (sulfide) groups is 1. The van der Waals surface area contributed by atoms with Gasteiger partial charge < -0.3 is 0 Å². The highest BCUT2D eigenvalue weighted by Crippen LogP contribution is 2.26. The van der Waals surface area contributed by atoms with Crippen molar-refractivity contribution in [1.29, 1.82) is 5.26 Å². The van der Waals surface area contributed by atoms with E-state index in [1.165, 1.54) is 11.8 Å². The number of aromatic nitrogens is 2. The first kappa shape index (κ1) is 10.2. The summed E-state index contributed by atoms with van der Waals surface area (Å²) in [6.45, 7) is 0. The molecule has 0 aromatic carbocycles. The molecule has 0 unspecified atom stereocenters. The van der Waals surface area contributed by atoms with Crippen LogP contribution in [0.15, 0.2) is 23.4 Å². The molecule has 0 atom stereocenters. The molecule has 3 nitrogen and oxygen atoms in total. The lowest BCUT2D eigenvalue weighted by atomic mass is 10.2. The molecule has 0 fully saturated rings. The van der Waals surface area contributed by atoms with E-state index in [9.17, 15) is 0 Å². The Labute approximate surface area is 96.1 Å². The molecule has 0 saturated carbocycles. The van der Waals surface area contributed by atoms with Gasteiger partial charge in [-0.1, -0.05) is 11.6 Å². The average molecular weight is 236 g/mol. The Bertz CT molecular complexity index is 562. The summed E-state index contributed by atoms with van der Waals surface area (Å²) in [6, 6.07) is 5.49. The zero-order valence-electron chi connectivity index (χ0n) is 7.86. The topological polar surface area (TPSA) is 49.6 Å². The van der Waals surface area contributed by atoms with E-state index in [4.69, 9.17) is 16.9 Å². The maximum absolute atomic E-state index is 8.80. The van der Waals surface area contributed by atoms with Gasteiger partial charge in [-0.05, 0) is 18.4 Å². The van der Waals surface area contributed by atoms with Crippen molar-refractivity contribution < 1.29 is 0 Å². The summed E-state index contributed by atoms with van der Waals surface area (Å²) in [7, 11) is 0. The lowest BCUT2D eigenvalue weighted by Crippen LogP contribution is -1.89. The number of rotatable bonds is 1. The summed E-state index contributed by atoms with van der Waals surface area (Å²) >= 11 is 7.30. The van der Waals surface area contributed by atoms with Crippen molar-refractivity contribution in [2.75, 3.05) is 6.26 Å². The average Bonchev–Trinajstić information content (AvgIpc) is 2.27. The molecule has 5 heteroatoms. The Morgan fingerprint density at radius 1 is 1.47 bits per heavy atom. The van der Waals surface area contributed by atoms with E-state index < -0.39 is 0 Å². The molecule has 2 aromatic rings. The minimum absolute atomic E-state index is 0.399. The molecule has 0 aliphatic rings. The van der Waals surface area contributed by atoms with Gasteiger partial charge in [-0.25, -0.2) is 9.97 Å². The van der Waals surface area contributed by atoms with E-state index in [1.807, 2.05) is 12.3 Å². The summed E-state index contributed by atoms with van der Waals surface area (Å²) in [6.07, 6.45) is 3.57. The number of fused-ring (bicyclic) bond motifs is 1. The van der Waals surface area contributed by atoms with E-state index in [0.29, 0.717) is 10.8 Å². The summed E-state index contributed by atoms with van der Waals surface area (Å²) in [5.41, 5.74) is 0.399. The van der Waals surface area contributed by atoms with Gasteiger partial charge in [0.05, 0.1) is 0 Å². The first-order valence-corrected chi connectivity index (χ1v) is 5.75. The number of halogens is 1. The second-order valence-corrected chi connectivity index (χ2v) is 4.04. The fourth-order valence-electron chi connectivity index (χ4n) is 1.30. The van der Waals surface area contributed by atoms with Crippen molar-refractivity contribution in [1.82, 2.24) is 9.97 Å². The molecule has 0 saturated heterocycles. The normalized spacial score (nSPS) is 10.2.